The van der Waals surface area contributed by atoms with Gasteiger partial charge in [0.25, 0.3) is 11.5 Å². The van der Waals surface area contributed by atoms with Gasteiger partial charge < -0.3 is 9.47 Å². The van der Waals surface area contributed by atoms with Gasteiger partial charge in [0.05, 0.1) is 0 Å². The summed E-state index contributed by atoms with van der Waals surface area (Å²) in [5.41, 5.74) is 3.58. The number of piperazine rings is 1. The van der Waals surface area contributed by atoms with Crippen LogP contribution in [0.4, 0.5) is 0 Å². The van der Waals surface area contributed by atoms with Crippen molar-refractivity contribution in [3.8, 4) is 0 Å². The van der Waals surface area contributed by atoms with Crippen molar-refractivity contribution >= 4 is 5.91 Å². The number of carbonyl (C=O) groups excluding carboxylic acids is 1. The zero-order valence-corrected chi connectivity index (χ0v) is 16.7. The van der Waals surface area contributed by atoms with E-state index in [9.17, 15) is 9.59 Å². The highest BCUT2D eigenvalue weighted by atomic mass is 16.2. The third-order valence-corrected chi connectivity index (χ3v) is 5.31. The molecule has 5 nitrogen and oxygen atoms in total. The van der Waals surface area contributed by atoms with Crippen molar-refractivity contribution in [2.24, 2.45) is 7.05 Å². The molecule has 0 bridgehead atoms. The molecule has 1 fully saturated rings. The van der Waals surface area contributed by atoms with Crippen LogP contribution in [0.2, 0.25) is 0 Å². The highest BCUT2D eigenvalue weighted by Crippen LogP contribution is 2.14. The predicted molar refractivity (Wildman–Crippen MR) is 108 cm³/mol. The van der Waals surface area contributed by atoms with Crippen molar-refractivity contribution in [1.82, 2.24) is 14.4 Å². The number of hydrogen-bond donors (Lipinski definition) is 0. The minimum Gasteiger partial charge on any atom is -0.336 e. The molecular formula is C22H29N3O2. The van der Waals surface area contributed by atoms with Crippen LogP contribution in [-0.2, 0) is 13.6 Å². The first kappa shape index (κ1) is 19.4. The predicted octanol–water partition coefficient (Wildman–Crippen LogP) is 2.78. The molecule has 0 aliphatic carbocycles. The van der Waals surface area contributed by atoms with Gasteiger partial charge in [0.1, 0.15) is 5.56 Å². The second-order valence-corrected chi connectivity index (χ2v) is 7.75. The third-order valence-electron chi connectivity index (χ3n) is 5.31. The number of rotatable bonds is 4. The molecule has 0 radical (unpaired) electrons. The minimum absolute atomic E-state index is 0.152. The van der Waals surface area contributed by atoms with Crippen LogP contribution in [0.15, 0.2) is 41.2 Å². The molecule has 1 aliphatic rings. The fourth-order valence-corrected chi connectivity index (χ4v) is 3.74. The van der Waals surface area contributed by atoms with E-state index in [-0.39, 0.29) is 22.9 Å². The van der Waals surface area contributed by atoms with E-state index in [2.05, 4.69) is 36.1 Å². The third kappa shape index (κ3) is 4.30. The lowest BCUT2D eigenvalue weighted by Crippen LogP contribution is -2.49. The SMILES string of the molecule is Cc1cccc(CN2CCN(C(=O)c3ccc(C(C)C)n(C)c3=O)CC2)c1. The Bertz CT molecular complexity index is 877. The molecule has 1 amide bonds. The maximum absolute atomic E-state index is 12.9. The van der Waals surface area contributed by atoms with Crippen LogP contribution in [-0.4, -0.2) is 46.5 Å². The van der Waals surface area contributed by atoms with E-state index < -0.39 is 0 Å². The van der Waals surface area contributed by atoms with Crippen LogP contribution in [0.1, 0.15) is 46.9 Å². The first-order valence-corrected chi connectivity index (χ1v) is 9.64. The van der Waals surface area contributed by atoms with E-state index in [1.807, 2.05) is 19.9 Å². The molecule has 1 saturated heterocycles. The Morgan fingerprint density at radius 2 is 1.78 bits per heavy atom. The second kappa shape index (κ2) is 8.09. The van der Waals surface area contributed by atoms with Crippen LogP contribution < -0.4 is 5.56 Å². The van der Waals surface area contributed by atoms with Crippen molar-refractivity contribution in [3.63, 3.8) is 0 Å². The topological polar surface area (TPSA) is 45.5 Å². The average Bonchev–Trinajstić information content (AvgIpc) is 2.64. The summed E-state index contributed by atoms with van der Waals surface area (Å²) in [6.07, 6.45) is 0. The van der Waals surface area contributed by atoms with E-state index in [1.54, 1.807) is 22.6 Å². The number of carbonyl (C=O) groups is 1. The van der Waals surface area contributed by atoms with Crippen molar-refractivity contribution in [2.45, 2.75) is 33.2 Å². The van der Waals surface area contributed by atoms with Crippen molar-refractivity contribution in [1.29, 1.82) is 0 Å². The molecule has 0 spiro atoms. The number of benzene rings is 1. The van der Waals surface area contributed by atoms with Gasteiger partial charge in [0.15, 0.2) is 0 Å². The van der Waals surface area contributed by atoms with Crippen molar-refractivity contribution < 1.29 is 4.79 Å². The Hall–Kier alpha value is -2.40. The second-order valence-electron chi connectivity index (χ2n) is 7.75. The largest absolute Gasteiger partial charge is 0.336 e. The minimum atomic E-state index is -0.201. The number of aryl methyl sites for hydroxylation is 1. The summed E-state index contributed by atoms with van der Waals surface area (Å²) in [6.45, 7) is 10.0. The number of amides is 1. The summed E-state index contributed by atoms with van der Waals surface area (Å²) in [4.78, 5) is 29.6. The molecule has 3 rings (SSSR count). The molecule has 1 aromatic carbocycles. The molecule has 1 aromatic heterocycles. The zero-order chi connectivity index (χ0) is 19.6. The fraction of sp³-hybridized carbons (Fsp3) is 0.455. The van der Waals surface area contributed by atoms with Crippen LogP contribution in [0, 0.1) is 6.92 Å². The number of aromatic nitrogens is 1. The van der Waals surface area contributed by atoms with Gasteiger partial charge in [-0.15, -0.1) is 0 Å². The molecule has 5 heteroatoms. The van der Waals surface area contributed by atoms with E-state index >= 15 is 0 Å². The van der Waals surface area contributed by atoms with Gasteiger partial charge in [-0.05, 0) is 30.5 Å². The monoisotopic (exact) mass is 367 g/mol. The summed E-state index contributed by atoms with van der Waals surface area (Å²) in [5.74, 6) is 0.0955. The number of pyridine rings is 1. The fourth-order valence-electron chi connectivity index (χ4n) is 3.74. The van der Waals surface area contributed by atoms with Gasteiger partial charge in [-0.1, -0.05) is 43.7 Å². The van der Waals surface area contributed by atoms with Gasteiger partial charge >= 0.3 is 0 Å². The van der Waals surface area contributed by atoms with Gasteiger partial charge in [-0.2, -0.15) is 0 Å². The molecule has 0 saturated carbocycles. The Morgan fingerprint density at radius 3 is 2.41 bits per heavy atom. The smallest absolute Gasteiger partial charge is 0.263 e. The average molecular weight is 367 g/mol. The van der Waals surface area contributed by atoms with Crippen molar-refractivity contribution in [3.05, 3.63) is 69.1 Å². The first-order chi connectivity index (χ1) is 12.9. The Kier molecular flexibility index (Phi) is 5.80. The van der Waals surface area contributed by atoms with Gasteiger partial charge in [0.2, 0.25) is 0 Å². The first-order valence-electron chi connectivity index (χ1n) is 9.64. The summed E-state index contributed by atoms with van der Waals surface area (Å²) in [7, 11) is 1.74. The van der Waals surface area contributed by atoms with Gasteiger partial charge in [0, 0.05) is 45.5 Å². The van der Waals surface area contributed by atoms with E-state index in [0.29, 0.717) is 13.1 Å². The lowest BCUT2D eigenvalue weighted by Gasteiger charge is -2.34. The molecule has 2 heterocycles. The van der Waals surface area contributed by atoms with Crippen LogP contribution in [0.25, 0.3) is 0 Å². The molecule has 144 valence electrons. The molecule has 0 unspecified atom stereocenters. The van der Waals surface area contributed by atoms with E-state index in [1.165, 1.54) is 11.1 Å². The van der Waals surface area contributed by atoms with E-state index in [4.69, 9.17) is 0 Å². The summed E-state index contributed by atoms with van der Waals surface area (Å²) in [6, 6.07) is 12.1. The van der Waals surface area contributed by atoms with Crippen LogP contribution in [0.5, 0.6) is 0 Å². The maximum Gasteiger partial charge on any atom is 0.263 e. The highest BCUT2D eigenvalue weighted by molar-refractivity contribution is 5.94. The van der Waals surface area contributed by atoms with E-state index in [0.717, 1.165) is 25.3 Å². The molecular weight excluding hydrogens is 338 g/mol. The molecule has 1 aliphatic heterocycles. The summed E-state index contributed by atoms with van der Waals surface area (Å²) >= 11 is 0. The summed E-state index contributed by atoms with van der Waals surface area (Å²) in [5, 5.41) is 0. The number of nitrogens with zero attached hydrogens (tertiary/aromatic N) is 3. The van der Waals surface area contributed by atoms with Gasteiger partial charge in [-0.3, -0.25) is 14.5 Å². The highest BCUT2D eigenvalue weighted by Gasteiger charge is 2.24. The zero-order valence-electron chi connectivity index (χ0n) is 16.7. The normalized spacial score (nSPS) is 15.4. The van der Waals surface area contributed by atoms with Crippen LogP contribution >= 0.6 is 0 Å². The Labute approximate surface area is 161 Å². The van der Waals surface area contributed by atoms with Gasteiger partial charge in [-0.25, -0.2) is 0 Å². The van der Waals surface area contributed by atoms with Crippen molar-refractivity contribution in [2.75, 3.05) is 26.2 Å². The Balaban J connectivity index is 1.65. The molecule has 0 N–H and O–H groups in total. The molecule has 0 atom stereocenters. The molecule has 2 aromatic rings. The lowest BCUT2D eigenvalue weighted by molar-refractivity contribution is 0.0626. The molecule has 27 heavy (non-hydrogen) atoms. The van der Waals surface area contributed by atoms with Crippen LogP contribution in [0.3, 0.4) is 0 Å². The summed E-state index contributed by atoms with van der Waals surface area (Å²) < 4.78 is 1.60. The maximum atomic E-state index is 12.9. The lowest BCUT2D eigenvalue weighted by atomic mass is 10.1. The standard InChI is InChI=1S/C22H29N3O2/c1-16(2)20-9-8-19(21(26)23(20)4)22(27)25-12-10-24(11-13-25)15-18-7-5-6-17(3)14-18/h5-9,14,16H,10-13,15H2,1-4H3. The quantitative estimate of drug-likeness (QED) is 0.835. The number of hydrogen-bond acceptors (Lipinski definition) is 3. The Morgan fingerprint density at radius 1 is 1.07 bits per heavy atom.